The molecule has 5 nitrogen and oxygen atoms in total. The first-order valence-corrected chi connectivity index (χ1v) is 5.12. The molecule has 0 aromatic carbocycles. The van der Waals surface area contributed by atoms with E-state index in [9.17, 15) is 13.2 Å². The summed E-state index contributed by atoms with van der Waals surface area (Å²) in [4.78, 5) is 11.2. The molecule has 0 unspecified atom stereocenters. The second-order valence-corrected chi connectivity index (χ2v) is 3.57. The lowest BCUT2D eigenvalue weighted by molar-refractivity contribution is -0.137. The molecular formula is C11H9F3N4O. The van der Waals surface area contributed by atoms with Crippen LogP contribution in [0.3, 0.4) is 0 Å². The summed E-state index contributed by atoms with van der Waals surface area (Å²) in [6.45, 7) is 0. The molecular weight excluding hydrogens is 261 g/mol. The molecule has 2 N–H and O–H groups in total. The van der Waals surface area contributed by atoms with Gasteiger partial charge in [0, 0.05) is 24.0 Å². The highest BCUT2D eigenvalue weighted by Crippen LogP contribution is 2.36. The van der Waals surface area contributed by atoms with Gasteiger partial charge in [-0.25, -0.2) is 4.98 Å². The third kappa shape index (κ3) is 2.72. The minimum atomic E-state index is -4.51. The Bertz CT molecular complexity index is 601. The van der Waals surface area contributed by atoms with Crippen LogP contribution in [0.2, 0.25) is 0 Å². The number of ether oxygens (including phenoxy) is 1. The highest BCUT2D eigenvalue weighted by atomic mass is 19.4. The Morgan fingerprint density at radius 3 is 2.63 bits per heavy atom. The van der Waals surface area contributed by atoms with Gasteiger partial charge in [0.1, 0.15) is 0 Å². The Balaban J connectivity index is 2.62. The molecule has 0 amide bonds. The van der Waals surface area contributed by atoms with Gasteiger partial charge in [-0.15, -0.1) is 0 Å². The Labute approximate surface area is 106 Å². The molecule has 2 rings (SSSR count). The maximum Gasteiger partial charge on any atom is 0.417 e. The normalized spacial score (nSPS) is 11.4. The van der Waals surface area contributed by atoms with E-state index >= 15 is 0 Å². The molecule has 0 radical (unpaired) electrons. The minimum Gasteiger partial charge on any atom is -0.481 e. The van der Waals surface area contributed by atoms with Crippen LogP contribution < -0.4 is 10.5 Å². The molecule has 0 saturated heterocycles. The number of hydrogen-bond acceptors (Lipinski definition) is 5. The average molecular weight is 270 g/mol. The van der Waals surface area contributed by atoms with E-state index in [0.717, 1.165) is 18.5 Å². The minimum absolute atomic E-state index is 0.00442. The number of rotatable bonds is 2. The molecule has 2 aromatic heterocycles. The van der Waals surface area contributed by atoms with Crippen molar-refractivity contribution in [3.05, 3.63) is 30.1 Å². The van der Waals surface area contributed by atoms with Gasteiger partial charge in [0.25, 0.3) is 0 Å². The maximum absolute atomic E-state index is 12.9. The zero-order valence-electron chi connectivity index (χ0n) is 9.77. The van der Waals surface area contributed by atoms with E-state index in [1.807, 2.05) is 0 Å². The van der Waals surface area contributed by atoms with Gasteiger partial charge in [-0.05, 0) is 6.07 Å². The summed E-state index contributed by atoms with van der Waals surface area (Å²) in [7, 11) is 1.33. The topological polar surface area (TPSA) is 73.9 Å². The third-order valence-electron chi connectivity index (χ3n) is 2.33. The Morgan fingerprint density at radius 1 is 1.26 bits per heavy atom. The molecule has 19 heavy (non-hydrogen) atoms. The zero-order chi connectivity index (χ0) is 14.0. The lowest BCUT2D eigenvalue weighted by Gasteiger charge is -2.12. The zero-order valence-corrected chi connectivity index (χ0v) is 9.77. The number of nitrogens with zero attached hydrogens (tertiary/aromatic N) is 3. The van der Waals surface area contributed by atoms with E-state index in [-0.39, 0.29) is 23.1 Å². The van der Waals surface area contributed by atoms with Crippen LogP contribution in [0.5, 0.6) is 5.88 Å². The quantitative estimate of drug-likeness (QED) is 0.905. The second kappa shape index (κ2) is 4.71. The van der Waals surface area contributed by atoms with Crippen LogP contribution in [-0.4, -0.2) is 22.1 Å². The first kappa shape index (κ1) is 13.1. The van der Waals surface area contributed by atoms with E-state index < -0.39 is 11.7 Å². The highest BCUT2D eigenvalue weighted by Gasteiger charge is 2.34. The van der Waals surface area contributed by atoms with E-state index in [4.69, 9.17) is 10.5 Å². The van der Waals surface area contributed by atoms with E-state index in [0.29, 0.717) is 0 Å². The summed E-state index contributed by atoms with van der Waals surface area (Å²) in [6.07, 6.45) is -2.37. The standard InChI is InChI=1S/C11H9F3N4O/c1-19-9-4-8(17-10(15)18-9)6-5-16-3-2-7(6)11(12,13)14/h2-5H,1H3,(H2,15,17,18). The van der Waals surface area contributed by atoms with Crippen LogP contribution in [0.25, 0.3) is 11.3 Å². The van der Waals surface area contributed by atoms with Gasteiger partial charge in [0.15, 0.2) is 0 Å². The van der Waals surface area contributed by atoms with Crippen molar-refractivity contribution < 1.29 is 17.9 Å². The predicted molar refractivity (Wildman–Crippen MR) is 61.2 cm³/mol. The summed E-state index contributed by atoms with van der Waals surface area (Å²) in [6, 6.07) is 2.14. The molecule has 0 aliphatic carbocycles. The summed E-state index contributed by atoms with van der Waals surface area (Å²) in [5.41, 5.74) is 4.41. The third-order valence-corrected chi connectivity index (χ3v) is 2.33. The molecule has 0 bridgehead atoms. The largest absolute Gasteiger partial charge is 0.481 e. The summed E-state index contributed by atoms with van der Waals surface area (Å²) < 4.78 is 43.5. The van der Waals surface area contributed by atoms with Gasteiger partial charge in [0.2, 0.25) is 11.8 Å². The van der Waals surface area contributed by atoms with Gasteiger partial charge in [-0.3, -0.25) is 4.98 Å². The van der Waals surface area contributed by atoms with Crippen molar-refractivity contribution in [3.8, 4) is 17.1 Å². The lowest BCUT2D eigenvalue weighted by Crippen LogP contribution is -2.08. The monoisotopic (exact) mass is 270 g/mol. The van der Waals surface area contributed by atoms with Crippen molar-refractivity contribution in [3.63, 3.8) is 0 Å². The van der Waals surface area contributed by atoms with Gasteiger partial charge in [0.05, 0.1) is 18.4 Å². The predicted octanol–water partition coefficient (Wildman–Crippen LogP) is 2.15. The van der Waals surface area contributed by atoms with Crippen LogP contribution in [0, 0.1) is 0 Å². The Hall–Kier alpha value is -2.38. The number of methoxy groups -OCH3 is 1. The van der Waals surface area contributed by atoms with Gasteiger partial charge in [-0.2, -0.15) is 18.2 Å². The molecule has 0 spiro atoms. The summed E-state index contributed by atoms with van der Waals surface area (Å²) >= 11 is 0. The molecule has 0 aliphatic rings. The number of nitrogen functional groups attached to an aromatic ring is 1. The maximum atomic E-state index is 12.9. The van der Waals surface area contributed by atoms with Crippen molar-refractivity contribution in [1.82, 2.24) is 15.0 Å². The van der Waals surface area contributed by atoms with Crippen LogP contribution in [0.1, 0.15) is 5.56 Å². The summed E-state index contributed by atoms with van der Waals surface area (Å²) in [5, 5.41) is 0. The van der Waals surface area contributed by atoms with Crippen LogP contribution in [0.15, 0.2) is 24.5 Å². The number of hydrogen-bond donors (Lipinski definition) is 1. The number of alkyl halides is 3. The van der Waals surface area contributed by atoms with Crippen molar-refractivity contribution in [2.45, 2.75) is 6.18 Å². The number of pyridine rings is 1. The number of aromatic nitrogens is 3. The second-order valence-electron chi connectivity index (χ2n) is 3.57. The lowest BCUT2D eigenvalue weighted by atomic mass is 10.1. The number of anilines is 1. The van der Waals surface area contributed by atoms with Crippen molar-refractivity contribution in [2.24, 2.45) is 0 Å². The Kier molecular flexibility index (Phi) is 3.24. The first-order valence-electron chi connectivity index (χ1n) is 5.12. The number of halogens is 3. The molecule has 0 atom stereocenters. The van der Waals surface area contributed by atoms with Crippen LogP contribution in [0.4, 0.5) is 19.1 Å². The molecule has 100 valence electrons. The van der Waals surface area contributed by atoms with Gasteiger partial charge >= 0.3 is 6.18 Å². The molecule has 0 fully saturated rings. The van der Waals surface area contributed by atoms with Crippen molar-refractivity contribution in [1.29, 1.82) is 0 Å². The fourth-order valence-corrected chi connectivity index (χ4v) is 1.53. The van der Waals surface area contributed by atoms with Crippen molar-refractivity contribution in [2.75, 3.05) is 12.8 Å². The van der Waals surface area contributed by atoms with E-state index in [1.165, 1.54) is 13.2 Å². The Morgan fingerprint density at radius 2 is 2.00 bits per heavy atom. The molecule has 2 aromatic rings. The fourth-order valence-electron chi connectivity index (χ4n) is 1.53. The first-order chi connectivity index (χ1) is 8.91. The van der Waals surface area contributed by atoms with Gasteiger partial charge < -0.3 is 10.5 Å². The molecule has 0 saturated carbocycles. The van der Waals surface area contributed by atoms with E-state index in [2.05, 4.69) is 15.0 Å². The summed E-state index contributed by atoms with van der Waals surface area (Å²) in [5.74, 6) is -0.0918. The van der Waals surface area contributed by atoms with Crippen LogP contribution in [-0.2, 0) is 6.18 Å². The highest BCUT2D eigenvalue weighted by molar-refractivity contribution is 5.65. The molecule has 2 heterocycles. The molecule has 0 aliphatic heterocycles. The van der Waals surface area contributed by atoms with Crippen molar-refractivity contribution >= 4 is 5.95 Å². The van der Waals surface area contributed by atoms with Crippen LogP contribution >= 0.6 is 0 Å². The average Bonchev–Trinajstić information content (AvgIpc) is 2.37. The number of nitrogens with two attached hydrogens (primary N) is 1. The van der Waals surface area contributed by atoms with Gasteiger partial charge in [-0.1, -0.05) is 0 Å². The smallest absolute Gasteiger partial charge is 0.417 e. The molecule has 8 heteroatoms. The SMILES string of the molecule is COc1cc(-c2cnccc2C(F)(F)F)nc(N)n1. The van der Waals surface area contributed by atoms with E-state index in [1.54, 1.807) is 0 Å². The fraction of sp³-hybridized carbons (Fsp3) is 0.182.